The number of hydrogen-bond acceptors (Lipinski definition) is 3. The lowest BCUT2D eigenvalue weighted by Crippen LogP contribution is -2.41. The first-order chi connectivity index (χ1) is 17.5. The van der Waals surface area contributed by atoms with Gasteiger partial charge in [-0.25, -0.2) is 4.79 Å². The highest BCUT2D eigenvalue weighted by Gasteiger charge is 2.22. The Morgan fingerprint density at radius 2 is 1.53 bits per heavy atom. The summed E-state index contributed by atoms with van der Waals surface area (Å²) >= 11 is 1.56. The van der Waals surface area contributed by atoms with E-state index in [2.05, 4.69) is 41.7 Å². The van der Waals surface area contributed by atoms with E-state index in [0.717, 1.165) is 27.8 Å². The predicted molar refractivity (Wildman–Crippen MR) is 151 cm³/mol. The van der Waals surface area contributed by atoms with Crippen LogP contribution >= 0.6 is 11.8 Å². The average molecular weight is 496 g/mol. The van der Waals surface area contributed by atoms with E-state index < -0.39 is 12.0 Å². The van der Waals surface area contributed by atoms with E-state index in [1.165, 1.54) is 10.8 Å². The number of carbonyl (C=O) groups excluding carboxylic acids is 1. The molecule has 0 radical (unpaired) electrons. The number of fused-ring (bicyclic) bond motifs is 1. The van der Waals surface area contributed by atoms with E-state index in [4.69, 9.17) is 0 Å². The minimum absolute atomic E-state index is 0.370. The third-order valence-electron chi connectivity index (χ3n) is 6.18. The fraction of sp³-hybridized carbons (Fsp3) is 0.161. The fourth-order valence-electron chi connectivity index (χ4n) is 4.19. The molecule has 0 aliphatic heterocycles. The standard InChI is InChI=1S/C31H29NO3S/c1-21-7-3-6-10-26(21)28-20-23(12-11-22-13-15-24-8-4-5-9-25(24)19-22)14-16-27(28)30(33)32-29(31(34)35)17-18-36-2/h3-16,19-20,29H,17-18H2,1-2H3,(H,32,33)(H,34,35). The second-order valence-electron chi connectivity index (χ2n) is 8.71. The first-order valence-electron chi connectivity index (χ1n) is 11.9. The molecule has 4 rings (SSSR count). The molecule has 2 N–H and O–H groups in total. The van der Waals surface area contributed by atoms with E-state index in [1.807, 2.05) is 67.8 Å². The van der Waals surface area contributed by atoms with Crippen molar-refractivity contribution >= 4 is 46.6 Å². The number of benzene rings is 4. The molecule has 0 heterocycles. The van der Waals surface area contributed by atoms with Crippen molar-refractivity contribution in [2.75, 3.05) is 12.0 Å². The molecule has 182 valence electrons. The van der Waals surface area contributed by atoms with E-state index in [9.17, 15) is 14.7 Å². The maximum atomic E-state index is 13.2. The molecule has 0 saturated carbocycles. The third kappa shape index (κ3) is 6.04. The minimum Gasteiger partial charge on any atom is -0.480 e. The Labute approximate surface area is 216 Å². The van der Waals surface area contributed by atoms with Gasteiger partial charge in [0.15, 0.2) is 0 Å². The second-order valence-corrected chi connectivity index (χ2v) is 9.69. The fourth-order valence-corrected chi connectivity index (χ4v) is 4.67. The normalized spacial score (nSPS) is 12.1. The minimum atomic E-state index is -1.02. The maximum absolute atomic E-state index is 13.2. The van der Waals surface area contributed by atoms with Gasteiger partial charge in [-0.2, -0.15) is 11.8 Å². The summed E-state index contributed by atoms with van der Waals surface area (Å²) < 4.78 is 0. The van der Waals surface area contributed by atoms with Crippen LogP contribution in [0.3, 0.4) is 0 Å². The molecule has 0 spiro atoms. The molecule has 0 bridgehead atoms. The molecule has 4 nitrogen and oxygen atoms in total. The summed E-state index contributed by atoms with van der Waals surface area (Å²) in [6.45, 7) is 2.01. The van der Waals surface area contributed by atoms with Crippen molar-refractivity contribution in [1.29, 1.82) is 0 Å². The number of amides is 1. The van der Waals surface area contributed by atoms with Crippen LogP contribution in [0, 0.1) is 6.92 Å². The van der Waals surface area contributed by atoms with E-state index >= 15 is 0 Å². The molecule has 1 amide bonds. The number of nitrogens with one attached hydrogen (secondary N) is 1. The van der Waals surface area contributed by atoms with Crippen molar-refractivity contribution in [2.24, 2.45) is 0 Å². The summed E-state index contributed by atoms with van der Waals surface area (Å²) in [5, 5.41) is 14.7. The molecule has 0 aromatic heterocycles. The molecule has 4 aromatic rings. The van der Waals surface area contributed by atoms with Gasteiger partial charge in [0, 0.05) is 5.56 Å². The van der Waals surface area contributed by atoms with E-state index in [0.29, 0.717) is 17.7 Å². The smallest absolute Gasteiger partial charge is 0.326 e. The largest absolute Gasteiger partial charge is 0.480 e. The molecule has 1 unspecified atom stereocenters. The van der Waals surface area contributed by atoms with Crippen LogP contribution in [-0.2, 0) is 4.79 Å². The van der Waals surface area contributed by atoms with Gasteiger partial charge in [0.25, 0.3) is 5.91 Å². The second kappa shape index (κ2) is 11.7. The Bertz CT molecular complexity index is 1430. The number of carboxylic acids is 1. The molecular weight excluding hydrogens is 466 g/mol. The van der Waals surface area contributed by atoms with Gasteiger partial charge in [0.2, 0.25) is 0 Å². The SMILES string of the molecule is CSCCC(NC(=O)c1ccc(C=Cc2ccc3ccccc3c2)cc1-c1ccccc1C)C(=O)O. The van der Waals surface area contributed by atoms with Gasteiger partial charge in [0.05, 0.1) is 0 Å². The number of thioether (sulfide) groups is 1. The van der Waals surface area contributed by atoms with Crippen LogP contribution in [0.15, 0.2) is 84.9 Å². The highest BCUT2D eigenvalue weighted by molar-refractivity contribution is 7.98. The quantitative estimate of drug-likeness (QED) is 0.247. The van der Waals surface area contributed by atoms with E-state index in [1.54, 1.807) is 17.8 Å². The lowest BCUT2D eigenvalue weighted by molar-refractivity contribution is -0.139. The lowest BCUT2D eigenvalue weighted by atomic mass is 9.93. The maximum Gasteiger partial charge on any atom is 0.326 e. The third-order valence-corrected chi connectivity index (χ3v) is 6.82. The van der Waals surface area contributed by atoms with Crippen LogP contribution in [0.2, 0.25) is 0 Å². The first-order valence-corrected chi connectivity index (χ1v) is 13.2. The van der Waals surface area contributed by atoms with Gasteiger partial charge in [-0.15, -0.1) is 0 Å². The molecule has 5 heteroatoms. The zero-order valence-electron chi connectivity index (χ0n) is 20.4. The van der Waals surface area contributed by atoms with Crippen molar-refractivity contribution in [2.45, 2.75) is 19.4 Å². The highest BCUT2D eigenvalue weighted by atomic mass is 32.2. The van der Waals surface area contributed by atoms with Crippen LogP contribution in [0.4, 0.5) is 0 Å². The topological polar surface area (TPSA) is 66.4 Å². The van der Waals surface area contributed by atoms with Gasteiger partial charge in [-0.3, -0.25) is 4.79 Å². The Balaban J connectivity index is 1.68. The van der Waals surface area contributed by atoms with Gasteiger partial charge in [0.1, 0.15) is 6.04 Å². The van der Waals surface area contributed by atoms with Crippen LogP contribution in [0.5, 0.6) is 0 Å². The van der Waals surface area contributed by atoms with Crippen molar-refractivity contribution in [3.8, 4) is 11.1 Å². The lowest BCUT2D eigenvalue weighted by Gasteiger charge is -2.17. The summed E-state index contributed by atoms with van der Waals surface area (Å²) in [6, 6.07) is 27.2. The van der Waals surface area contributed by atoms with Crippen molar-refractivity contribution in [3.63, 3.8) is 0 Å². The van der Waals surface area contributed by atoms with Gasteiger partial charge < -0.3 is 10.4 Å². The summed E-state index contributed by atoms with van der Waals surface area (Å²) in [6.07, 6.45) is 6.38. The molecular formula is C31H29NO3S. The zero-order chi connectivity index (χ0) is 25.5. The predicted octanol–water partition coefficient (Wildman–Crippen LogP) is 6.92. The number of hydrogen-bond donors (Lipinski definition) is 2. The summed E-state index contributed by atoms with van der Waals surface area (Å²) in [7, 11) is 0. The average Bonchev–Trinajstić information content (AvgIpc) is 2.89. The van der Waals surface area contributed by atoms with E-state index in [-0.39, 0.29) is 5.91 Å². The monoisotopic (exact) mass is 495 g/mol. The Morgan fingerprint density at radius 3 is 2.25 bits per heavy atom. The van der Waals surface area contributed by atoms with Gasteiger partial charge in [-0.1, -0.05) is 78.9 Å². The summed E-state index contributed by atoms with van der Waals surface area (Å²) in [4.78, 5) is 24.9. The zero-order valence-corrected chi connectivity index (χ0v) is 21.2. The Morgan fingerprint density at radius 1 is 0.861 bits per heavy atom. The first kappa shape index (κ1) is 25.3. The summed E-state index contributed by atoms with van der Waals surface area (Å²) in [5.41, 5.74) is 5.27. The molecule has 0 saturated heterocycles. The number of rotatable bonds is 9. The molecule has 0 aliphatic rings. The highest BCUT2D eigenvalue weighted by Crippen LogP contribution is 2.29. The number of aliphatic carboxylic acids is 1. The summed E-state index contributed by atoms with van der Waals surface area (Å²) in [5.74, 6) is -0.753. The van der Waals surface area contributed by atoms with Crippen molar-refractivity contribution in [1.82, 2.24) is 5.32 Å². The van der Waals surface area contributed by atoms with Gasteiger partial charge >= 0.3 is 5.97 Å². The van der Waals surface area contributed by atoms with Crippen LogP contribution in [0.25, 0.3) is 34.1 Å². The van der Waals surface area contributed by atoms with Crippen LogP contribution < -0.4 is 5.32 Å². The Hall–Kier alpha value is -3.83. The molecule has 1 atom stereocenters. The molecule has 4 aromatic carbocycles. The number of carbonyl (C=O) groups is 2. The number of aryl methyl sites for hydroxylation is 1. The number of carboxylic acid groups (broad SMARTS) is 1. The Kier molecular flexibility index (Phi) is 8.24. The van der Waals surface area contributed by atoms with Gasteiger partial charge in [-0.05, 0) is 82.1 Å². The van der Waals surface area contributed by atoms with Crippen molar-refractivity contribution in [3.05, 3.63) is 107 Å². The molecule has 0 aliphatic carbocycles. The van der Waals surface area contributed by atoms with Crippen molar-refractivity contribution < 1.29 is 14.7 Å². The molecule has 36 heavy (non-hydrogen) atoms. The van der Waals surface area contributed by atoms with Crippen LogP contribution in [-0.4, -0.2) is 35.0 Å². The van der Waals surface area contributed by atoms with Crippen LogP contribution in [0.1, 0.15) is 33.5 Å². The molecule has 0 fully saturated rings.